The van der Waals surface area contributed by atoms with Crippen LogP contribution in [-0.2, 0) is 17.9 Å². The van der Waals surface area contributed by atoms with Crippen molar-refractivity contribution >= 4 is 11.6 Å². The van der Waals surface area contributed by atoms with E-state index in [0.29, 0.717) is 6.54 Å². The van der Waals surface area contributed by atoms with E-state index in [1.165, 1.54) is 13.2 Å². The molecule has 2 aromatic rings. The molecule has 0 atom stereocenters. The smallest absolute Gasteiger partial charge is 0.278 e. The minimum Gasteiger partial charge on any atom is -0.493 e. The highest BCUT2D eigenvalue weighted by molar-refractivity contribution is 5.77. The summed E-state index contributed by atoms with van der Waals surface area (Å²) in [6.45, 7) is -0.479. The summed E-state index contributed by atoms with van der Waals surface area (Å²) >= 11 is 0. The highest BCUT2D eigenvalue weighted by Crippen LogP contribution is 2.34. The number of hydrogen-bond donors (Lipinski definition) is 2. The molecule has 0 aliphatic rings. The van der Waals surface area contributed by atoms with E-state index in [-0.39, 0.29) is 35.3 Å². The minimum absolute atomic E-state index is 0.0567. The molecular weight excluding hydrogens is 328 g/mol. The van der Waals surface area contributed by atoms with E-state index in [0.717, 1.165) is 11.6 Å². The van der Waals surface area contributed by atoms with E-state index in [1.807, 2.05) is 30.3 Å². The quantitative estimate of drug-likeness (QED) is 0.557. The molecule has 0 aliphatic carbocycles. The number of rotatable bonds is 8. The summed E-state index contributed by atoms with van der Waals surface area (Å²) in [5.41, 5.74) is 0.738. The van der Waals surface area contributed by atoms with Crippen molar-refractivity contribution in [2.24, 2.45) is 0 Å². The number of nitro benzene ring substituents is 1. The van der Waals surface area contributed by atoms with Crippen molar-refractivity contribution < 1.29 is 24.3 Å². The second kappa shape index (κ2) is 8.65. The van der Waals surface area contributed by atoms with Crippen LogP contribution < -0.4 is 14.8 Å². The average Bonchev–Trinajstić information content (AvgIpc) is 2.64. The molecule has 0 bridgehead atoms. The number of nitrogens with zero attached hydrogens (tertiary/aromatic N) is 1. The zero-order chi connectivity index (χ0) is 18.2. The largest absolute Gasteiger partial charge is 0.493 e. The predicted molar refractivity (Wildman–Crippen MR) is 89.4 cm³/mol. The third kappa shape index (κ3) is 4.92. The Bertz CT molecular complexity index is 748. The van der Waals surface area contributed by atoms with Crippen molar-refractivity contribution in [1.29, 1.82) is 0 Å². The Morgan fingerprint density at radius 3 is 2.56 bits per heavy atom. The molecule has 0 heterocycles. The second-order valence-corrected chi connectivity index (χ2v) is 5.10. The van der Waals surface area contributed by atoms with Gasteiger partial charge in [0.2, 0.25) is 0 Å². The van der Waals surface area contributed by atoms with Crippen molar-refractivity contribution in [2.45, 2.75) is 13.2 Å². The molecule has 0 saturated carbocycles. The van der Waals surface area contributed by atoms with Crippen molar-refractivity contribution in [1.82, 2.24) is 5.32 Å². The van der Waals surface area contributed by atoms with Crippen LogP contribution in [0.3, 0.4) is 0 Å². The lowest BCUT2D eigenvalue weighted by atomic mass is 10.1. The van der Waals surface area contributed by atoms with Gasteiger partial charge in [-0.25, -0.2) is 0 Å². The first-order valence-electron chi connectivity index (χ1n) is 7.44. The number of aliphatic hydroxyl groups is 1. The van der Waals surface area contributed by atoms with E-state index in [2.05, 4.69) is 5.32 Å². The number of nitrogens with one attached hydrogen (secondary N) is 1. The van der Waals surface area contributed by atoms with Gasteiger partial charge in [0.05, 0.1) is 30.3 Å². The first-order valence-corrected chi connectivity index (χ1v) is 7.44. The lowest BCUT2D eigenvalue weighted by molar-refractivity contribution is -0.385. The van der Waals surface area contributed by atoms with E-state index in [4.69, 9.17) is 9.47 Å². The first kappa shape index (κ1) is 18.2. The summed E-state index contributed by atoms with van der Waals surface area (Å²) < 4.78 is 10.4. The van der Waals surface area contributed by atoms with Crippen LogP contribution in [0, 0.1) is 10.1 Å². The van der Waals surface area contributed by atoms with Crippen molar-refractivity contribution in [2.75, 3.05) is 13.7 Å². The fourth-order valence-electron chi connectivity index (χ4n) is 2.15. The van der Waals surface area contributed by atoms with Gasteiger partial charge < -0.3 is 19.9 Å². The summed E-state index contributed by atoms with van der Waals surface area (Å²) in [4.78, 5) is 22.3. The van der Waals surface area contributed by atoms with Crippen LogP contribution in [0.4, 0.5) is 5.69 Å². The maximum atomic E-state index is 11.9. The molecule has 0 unspecified atom stereocenters. The van der Waals surface area contributed by atoms with Gasteiger partial charge in [-0.3, -0.25) is 14.9 Å². The summed E-state index contributed by atoms with van der Waals surface area (Å²) in [5, 5.41) is 22.9. The number of amides is 1. The predicted octanol–water partition coefficient (Wildman–Crippen LogP) is 1.79. The van der Waals surface area contributed by atoms with Crippen LogP contribution >= 0.6 is 0 Å². The fourth-order valence-corrected chi connectivity index (χ4v) is 2.15. The Morgan fingerprint density at radius 1 is 1.24 bits per heavy atom. The van der Waals surface area contributed by atoms with Crippen LogP contribution in [0.1, 0.15) is 11.1 Å². The summed E-state index contributed by atoms with van der Waals surface area (Å²) in [5.74, 6) is -0.119. The number of hydrogen-bond acceptors (Lipinski definition) is 6. The monoisotopic (exact) mass is 346 g/mol. The van der Waals surface area contributed by atoms with Gasteiger partial charge in [0.25, 0.3) is 11.6 Å². The topological polar surface area (TPSA) is 111 Å². The van der Waals surface area contributed by atoms with Crippen molar-refractivity contribution in [3.05, 3.63) is 63.7 Å². The van der Waals surface area contributed by atoms with Gasteiger partial charge in [-0.05, 0) is 11.6 Å². The van der Waals surface area contributed by atoms with Gasteiger partial charge >= 0.3 is 0 Å². The van der Waals surface area contributed by atoms with Crippen LogP contribution in [0.15, 0.2) is 42.5 Å². The number of carbonyl (C=O) groups excluding carboxylic acids is 1. The van der Waals surface area contributed by atoms with E-state index in [1.54, 1.807) is 0 Å². The van der Waals surface area contributed by atoms with Gasteiger partial charge in [-0.1, -0.05) is 30.3 Å². The van der Waals surface area contributed by atoms with Gasteiger partial charge in [0.15, 0.2) is 18.1 Å². The van der Waals surface area contributed by atoms with Gasteiger partial charge in [-0.2, -0.15) is 0 Å². The normalized spacial score (nSPS) is 10.2. The van der Waals surface area contributed by atoms with Crippen LogP contribution in [0.5, 0.6) is 11.5 Å². The molecule has 2 aromatic carbocycles. The molecule has 0 saturated heterocycles. The molecule has 0 spiro atoms. The maximum Gasteiger partial charge on any atom is 0.278 e. The van der Waals surface area contributed by atoms with Crippen LogP contribution in [0.2, 0.25) is 0 Å². The summed E-state index contributed by atoms with van der Waals surface area (Å²) in [6, 6.07) is 11.8. The molecular formula is C17H18N2O6. The average molecular weight is 346 g/mol. The molecule has 1 amide bonds. The van der Waals surface area contributed by atoms with Gasteiger partial charge in [0, 0.05) is 6.54 Å². The van der Waals surface area contributed by atoms with E-state index < -0.39 is 11.5 Å². The molecule has 2 rings (SSSR count). The highest BCUT2D eigenvalue weighted by atomic mass is 16.6. The third-order valence-electron chi connectivity index (χ3n) is 3.42. The van der Waals surface area contributed by atoms with E-state index in [9.17, 15) is 20.0 Å². The number of ether oxygens (including phenoxy) is 2. The molecule has 0 fully saturated rings. The summed E-state index contributed by atoms with van der Waals surface area (Å²) in [7, 11) is 1.37. The molecule has 25 heavy (non-hydrogen) atoms. The van der Waals surface area contributed by atoms with Crippen LogP contribution in [0.25, 0.3) is 0 Å². The molecule has 0 aromatic heterocycles. The van der Waals surface area contributed by atoms with Gasteiger partial charge in [0.1, 0.15) is 0 Å². The molecule has 0 radical (unpaired) electrons. The molecule has 8 heteroatoms. The third-order valence-corrected chi connectivity index (χ3v) is 3.42. The Kier molecular flexibility index (Phi) is 6.30. The number of methoxy groups -OCH3 is 1. The SMILES string of the molecule is COc1cc(CO)c([N+](=O)[O-])cc1OCC(=O)NCc1ccccc1. The Morgan fingerprint density at radius 2 is 1.96 bits per heavy atom. The Balaban J connectivity index is 2.02. The van der Waals surface area contributed by atoms with Crippen molar-refractivity contribution in [3.63, 3.8) is 0 Å². The number of carbonyl (C=O) groups is 1. The van der Waals surface area contributed by atoms with Crippen LogP contribution in [-0.4, -0.2) is 29.7 Å². The number of aliphatic hydroxyl groups excluding tert-OH is 1. The zero-order valence-corrected chi connectivity index (χ0v) is 13.6. The lowest BCUT2D eigenvalue weighted by Crippen LogP contribution is -2.28. The van der Waals surface area contributed by atoms with Gasteiger partial charge in [-0.15, -0.1) is 0 Å². The second-order valence-electron chi connectivity index (χ2n) is 5.10. The fraction of sp³-hybridized carbons (Fsp3) is 0.235. The Labute approximate surface area is 144 Å². The minimum atomic E-state index is -0.632. The lowest BCUT2D eigenvalue weighted by Gasteiger charge is -2.12. The molecule has 8 nitrogen and oxygen atoms in total. The molecule has 0 aliphatic heterocycles. The zero-order valence-electron chi connectivity index (χ0n) is 13.6. The summed E-state index contributed by atoms with van der Waals surface area (Å²) in [6.07, 6.45) is 0. The number of benzene rings is 2. The maximum absolute atomic E-state index is 11.9. The van der Waals surface area contributed by atoms with E-state index >= 15 is 0 Å². The first-order chi connectivity index (χ1) is 12.0. The highest BCUT2D eigenvalue weighted by Gasteiger charge is 2.19. The molecule has 132 valence electrons. The standard InChI is InChI=1S/C17H18N2O6/c1-24-15-7-13(10-20)14(19(22)23)8-16(15)25-11-17(21)18-9-12-5-3-2-4-6-12/h2-8,20H,9-11H2,1H3,(H,18,21). The Hall–Kier alpha value is -3.13. The number of nitro groups is 1. The molecule has 2 N–H and O–H groups in total. The van der Waals surface area contributed by atoms with Crippen molar-refractivity contribution in [3.8, 4) is 11.5 Å².